The maximum atomic E-state index is 11.9. The van der Waals surface area contributed by atoms with Crippen LogP contribution < -0.4 is 10.6 Å². The van der Waals surface area contributed by atoms with Gasteiger partial charge in [0.2, 0.25) is 0 Å². The Morgan fingerprint density at radius 3 is 2.64 bits per heavy atom. The number of halogens is 2. The molecule has 10 heteroatoms. The molecular weight excluding hydrogens is 405 g/mol. The third-order valence-corrected chi connectivity index (χ3v) is 5.53. The van der Waals surface area contributed by atoms with E-state index in [1.54, 1.807) is 24.4 Å². The molecule has 128 valence electrons. The van der Waals surface area contributed by atoms with E-state index in [0.29, 0.717) is 33.4 Å². The summed E-state index contributed by atoms with van der Waals surface area (Å²) >= 11 is 14.2. The standard InChI is InChI=1S/C15H9Cl2N3O3S2/c16-9-2-1-3-10(17)8(9)4-7-6-18-14(24-7)19-12(21)5-11-13(22)20-15(23)25-11/h1-3,5-6H,4H2,(H,18,19,21)(H,20,22,23)/b11-5-. The lowest BCUT2D eigenvalue weighted by Gasteiger charge is -2.04. The lowest BCUT2D eigenvalue weighted by molar-refractivity contribution is -0.116. The number of amides is 3. The second-order valence-corrected chi connectivity index (χ2v) is 7.79. The van der Waals surface area contributed by atoms with Crippen molar-refractivity contribution in [2.75, 3.05) is 5.32 Å². The van der Waals surface area contributed by atoms with Gasteiger partial charge in [0.15, 0.2) is 5.13 Å². The van der Waals surface area contributed by atoms with E-state index in [4.69, 9.17) is 23.2 Å². The quantitative estimate of drug-likeness (QED) is 0.743. The van der Waals surface area contributed by atoms with Gasteiger partial charge >= 0.3 is 0 Å². The van der Waals surface area contributed by atoms with Gasteiger partial charge in [-0.1, -0.05) is 29.3 Å². The van der Waals surface area contributed by atoms with Crippen molar-refractivity contribution in [1.82, 2.24) is 10.3 Å². The number of nitrogens with one attached hydrogen (secondary N) is 2. The van der Waals surface area contributed by atoms with E-state index in [9.17, 15) is 14.4 Å². The molecule has 0 atom stereocenters. The van der Waals surface area contributed by atoms with E-state index in [1.165, 1.54) is 11.3 Å². The normalized spacial score (nSPS) is 15.5. The fourth-order valence-corrected chi connectivity index (χ4v) is 4.02. The number of anilines is 1. The molecule has 1 aliphatic rings. The van der Waals surface area contributed by atoms with E-state index in [-0.39, 0.29) is 4.91 Å². The van der Waals surface area contributed by atoms with Crippen LogP contribution in [0.15, 0.2) is 35.4 Å². The number of imide groups is 1. The van der Waals surface area contributed by atoms with Gasteiger partial charge in [-0.05, 0) is 29.5 Å². The average Bonchev–Trinajstić information content (AvgIpc) is 3.09. The number of carbonyl (C=O) groups excluding carboxylic acids is 3. The molecule has 1 aliphatic heterocycles. The molecule has 1 fully saturated rings. The molecule has 1 aromatic heterocycles. The van der Waals surface area contributed by atoms with Gasteiger partial charge in [-0.2, -0.15) is 0 Å². The molecule has 2 heterocycles. The van der Waals surface area contributed by atoms with Crippen LogP contribution in [0.2, 0.25) is 10.0 Å². The van der Waals surface area contributed by atoms with Crippen LogP contribution in [0.3, 0.4) is 0 Å². The summed E-state index contributed by atoms with van der Waals surface area (Å²) in [6.07, 6.45) is 3.17. The van der Waals surface area contributed by atoms with Gasteiger partial charge in [0.05, 0.1) is 4.91 Å². The zero-order valence-electron chi connectivity index (χ0n) is 12.3. The van der Waals surface area contributed by atoms with Crippen molar-refractivity contribution in [3.63, 3.8) is 0 Å². The Balaban J connectivity index is 1.68. The molecule has 0 bridgehead atoms. The molecule has 25 heavy (non-hydrogen) atoms. The summed E-state index contributed by atoms with van der Waals surface area (Å²) in [5.74, 6) is -1.12. The molecule has 1 aromatic carbocycles. The molecule has 0 unspecified atom stereocenters. The maximum Gasteiger partial charge on any atom is 0.290 e. The molecule has 0 radical (unpaired) electrons. The van der Waals surface area contributed by atoms with E-state index in [1.807, 2.05) is 0 Å². The van der Waals surface area contributed by atoms with Gasteiger partial charge in [0.25, 0.3) is 17.1 Å². The molecule has 3 rings (SSSR count). The maximum absolute atomic E-state index is 11.9. The number of nitrogens with zero attached hydrogens (tertiary/aromatic N) is 1. The summed E-state index contributed by atoms with van der Waals surface area (Å²) < 4.78 is 0. The monoisotopic (exact) mass is 413 g/mol. The SMILES string of the molecule is O=C(/C=C1\SC(=O)NC1=O)Nc1ncc(Cc2c(Cl)cccc2Cl)s1. The van der Waals surface area contributed by atoms with Crippen molar-refractivity contribution in [2.24, 2.45) is 0 Å². The highest BCUT2D eigenvalue weighted by Crippen LogP contribution is 2.30. The number of benzene rings is 1. The van der Waals surface area contributed by atoms with Crippen LogP contribution in [0.5, 0.6) is 0 Å². The molecule has 0 saturated carbocycles. The van der Waals surface area contributed by atoms with Gasteiger partial charge in [-0.3, -0.25) is 25.0 Å². The number of aromatic nitrogens is 1. The summed E-state index contributed by atoms with van der Waals surface area (Å²) in [5, 5.41) is 5.63. The number of hydrogen-bond acceptors (Lipinski definition) is 6. The molecular formula is C15H9Cl2N3O3S2. The lowest BCUT2D eigenvalue weighted by Crippen LogP contribution is -2.18. The van der Waals surface area contributed by atoms with Gasteiger partial charge in [0, 0.05) is 33.6 Å². The predicted octanol–water partition coefficient (Wildman–Crippen LogP) is 3.85. The van der Waals surface area contributed by atoms with Crippen LogP contribution in [0.25, 0.3) is 0 Å². The first-order chi connectivity index (χ1) is 11.9. The highest BCUT2D eigenvalue weighted by molar-refractivity contribution is 8.18. The zero-order valence-corrected chi connectivity index (χ0v) is 15.5. The van der Waals surface area contributed by atoms with Crippen molar-refractivity contribution in [3.05, 3.63) is 55.9 Å². The van der Waals surface area contributed by atoms with E-state index in [2.05, 4.69) is 15.6 Å². The minimum Gasteiger partial charge on any atom is -0.298 e. The van der Waals surface area contributed by atoms with Crippen LogP contribution in [0.1, 0.15) is 10.4 Å². The summed E-state index contributed by atoms with van der Waals surface area (Å²) in [7, 11) is 0. The minimum absolute atomic E-state index is 0.0436. The van der Waals surface area contributed by atoms with Gasteiger partial charge in [0.1, 0.15) is 0 Å². The van der Waals surface area contributed by atoms with Crippen molar-refractivity contribution in [3.8, 4) is 0 Å². The van der Waals surface area contributed by atoms with Crippen molar-refractivity contribution in [2.45, 2.75) is 6.42 Å². The largest absolute Gasteiger partial charge is 0.298 e. The Morgan fingerprint density at radius 2 is 2.00 bits per heavy atom. The molecule has 6 nitrogen and oxygen atoms in total. The first-order valence-electron chi connectivity index (χ1n) is 6.86. The molecule has 2 N–H and O–H groups in total. The van der Waals surface area contributed by atoms with Gasteiger partial charge in [-0.25, -0.2) is 4.98 Å². The van der Waals surface area contributed by atoms with Crippen LogP contribution in [-0.2, 0) is 16.0 Å². The molecule has 0 aliphatic carbocycles. The Bertz CT molecular complexity index is 891. The first kappa shape index (κ1) is 17.9. The summed E-state index contributed by atoms with van der Waals surface area (Å²) in [6, 6.07) is 5.27. The molecule has 2 aromatic rings. The Labute approximate surface area is 160 Å². The summed E-state index contributed by atoms with van der Waals surface area (Å²) in [6.45, 7) is 0. The topological polar surface area (TPSA) is 88.2 Å². The van der Waals surface area contributed by atoms with Crippen LogP contribution >= 0.6 is 46.3 Å². The van der Waals surface area contributed by atoms with Crippen molar-refractivity contribution < 1.29 is 14.4 Å². The zero-order chi connectivity index (χ0) is 18.0. The second-order valence-electron chi connectivity index (χ2n) is 4.85. The Kier molecular flexibility index (Phi) is 5.43. The fourth-order valence-electron chi connectivity index (χ4n) is 2.00. The minimum atomic E-state index is -0.585. The van der Waals surface area contributed by atoms with Crippen LogP contribution in [0, 0.1) is 0 Å². The molecule has 1 saturated heterocycles. The summed E-state index contributed by atoms with van der Waals surface area (Å²) in [4.78, 5) is 39.4. The lowest BCUT2D eigenvalue weighted by atomic mass is 10.1. The predicted molar refractivity (Wildman–Crippen MR) is 99.2 cm³/mol. The number of thioether (sulfide) groups is 1. The highest BCUT2D eigenvalue weighted by atomic mass is 35.5. The second kappa shape index (κ2) is 7.57. The highest BCUT2D eigenvalue weighted by Gasteiger charge is 2.26. The first-order valence-corrected chi connectivity index (χ1v) is 9.24. The number of thiazole rings is 1. The average molecular weight is 414 g/mol. The fraction of sp³-hybridized carbons (Fsp3) is 0.0667. The van der Waals surface area contributed by atoms with E-state index in [0.717, 1.165) is 16.5 Å². The van der Waals surface area contributed by atoms with Gasteiger partial charge in [-0.15, -0.1) is 11.3 Å². The third-order valence-electron chi connectivity index (χ3n) is 3.10. The Hall–Kier alpha value is -1.87. The number of hydrogen-bond donors (Lipinski definition) is 2. The summed E-state index contributed by atoms with van der Waals surface area (Å²) in [5.41, 5.74) is 0.784. The third kappa shape index (κ3) is 4.40. The van der Waals surface area contributed by atoms with Crippen LogP contribution in [0.4, 0.5) is 9.93 Å². The molecule has 3 amide bonds. The number of carbonyl (C=O) groups is 3. The van der Waals surface area contributed by atoms with Crippen LogP contribution in [-0.4, -0.2) is 22.0 Å². The molecule has 0 spiro atoms. The van der Waals surface area contributed by atoms with Crippen molar-refractivity contribution in [1.29, 1.82) is 0 Å². The smallest absolute Gasteiger partial charge is 0.290 e. The van der Waals surface area contributed by atoms with Crippen molar-refractivity contribution >= 4 is 68.5 Å². The number of rotatable bonds is 4. The Morgan fingerprint density at radius 1 is 1.28 bits per heavy atom. The van der Waals surface area contributed by atoms with E-state index >= 15 is 0 Å². The van der Waals surface area contributed by atoms with E-state index < -0.39 is 17.1 Å². The van der Waals surface area contributed by atoms with Gasteiger partial charge < -0.3 is 0 Å².